The number of hydrogen-bond donors (Lipinski definition) is 0. The molecule has 2 heterocycles. The summed E-state index contributed by atoms with van der Waals surface area (Å²) in [5, 5.41) is 0. The van der Waals surface area contributed by atoms with Crippen LogP contribution in [-0.4, -0.2) is 27.2 Å². The minimum atomic E-state index is -2.03. The summed E-state index contributed by atoms with van der Waals surface area (Å²) in [5.74, 6) is 0.619. The van der Waals surface area contributed by atoms with Crippen molar-refractivity contribution < 1.29 is 18.7 Å². The first kappa shape index (κ1) is 24.0. The Morgan fingerprint density at radius 1 is 0.848 bits per heavy atom. The summed E-state index contributed by atoms with van der Waals surface area (Å²) in [7, 11) is -2.03. The van der Waals surface area contributed by atoms with Gasteiger partial charge < -0.3 is 13.9 Å². The molecule has 0 N–H and O–H groups in total. The Balaban J connectivity index is 1.62. The van der Waals surface area contributed by atoms with E-state index in [0.717, 1.165) is 17.7 Å². The lowest BCUT2D eigenvalue weighted by Crippen LogP contribution is -2.50. The third-order valence-corrected chi connectivity index (χ3v) is 13.8. The summed E-state index contributed by atoms with van der Waals surface area (Å²) in [6, 6.07) is 18.7. The standard InChI is InChI=1S/C28H38O4Si/c1-18(2)33(19(3)4,20(5)6)32-23-14-12-22(13-15-23)25-26-24(21-10-8-7-9-11-21)16-17-30-28(26)31-27(25)29/h7-15,18-20,24-26,28H,16-17H2,1-6H3/t24-,25+,26+,28-/m0/s1. The third-order valence-electron chi connectivity index (χ3n) is 7.83. The van der Waals surface area contributed by atoms with Crippen LogP contribution in [0.5, 0.6) is 5.75 Å². The van der Waals surface area contributed by atoms with E-state index in [1.165, 1.54) is 5.56 Å². The van der Waals surface area contributed by atoms with Crippen molar-refractivity contribution in [1.82, 2.24) is 0 Å². The molecular formula is C28H38O4Si. The molecule has 0 aliphatic carbocycles. The molecule has 0 unspecified atom stereocenters. The van der Waals surface area contributed by atoms with Crippen molar-refractivity contribution in [3.8, 4) is 5.75 Å². The van der Waals surface area contributed by atoms with Crippen LogP contribution in [0.2, 0.25) is 16.6 Å². The summed E-state index contributed by atoms with van der Waals surface area (Å²) >= 11 is 0. The van der Waals surface area contributed by atoms with Crippen LogP contribution >= 0.6 is 0 Å². The number of fused-ring (bicyclic) bond motifs is 1. The van der Waals surface area contributed by atoms with Gasteiger partial charge in [-0.2, -0.15) is 0 Å². The fourth-order valence-corrected chi connectivity index (χ4v) is 11.7. The fraction of sp³-hybridized carbons (Fsp3) is 0.536. The van der Waals surface area contributed by atoms with Gasteiger partial charge in [-0.25, -0.2) is 0 Å². The lowest BCUT2D eigenvalue weighted by atomic mass is 9.73. The van der Waals surface area contributed by atoms with Crippen LogP contribution in [-0.2, 0) is 14.3 Å². The number of carbonyl (C=O) groups excluding carboxylic acids is 1. The molecule has 4 nitrogen and oxygen atoms in total. The van der Waals surface area contributed by atoms with Crippen LogP contribution < -0.4 is 4.43 Å². The molecule has 33 heavy (non-hydrogen) atoms. The number of esters is 1. The molecule has 0 amide bonds. The van der Waals surface area contributed by atoms with E-state index >= 15 is 0 Å². The minimum absolute atomic E-state index is 0.0177. The van der Waals surface area contributed by atoms with Crippen LogP contribution in [0.25, 0.3) is 0 Å². The summed E-state index contributed by atoms with van der Waals surface area (Å²) in [5.41, 5.74) is 3.76. The summed E-state index contributed by atoms with van der Waals surface area (Å²) in [4.78, 5) is 13.0. The molecule has 2 aliphatic heterocycles. The lowest BCUT2D eigenvalue weighted by Gasteiger charge is -2.42. The second-order valence-corrected chi connectivity index (χ2v) is 15.9. The number of rotatable bonds is 7. The Morgan fingerprint density at radius 3 is 2.03 bits per heavy atom. The van der Waals surface area contributed by atoms with E-state index in [1.54, 1.807) is 0 Å². The molecule has 2 aromatic rings. The first-order chi connectivity index (χ1) is 15.8. The first-order valence-electron chi connectivity index (χ1n) is 12.4. The van der Waals surface area contributed by atoms with Gasteiger partial charge in [0.15, 0.2) is 0 Å². The van der Waals surface area contributed by atoms with Gasteiger partial charge in [-0.3, -0.25) is 4.79 Å². The average molecular weight is 467 g/mol. The van der Waals surface area contributed by atoms with Crippen LogP contribution in [0.1, 0.15) is 70.9 Å². The molecule has 0 bridgehead atoms. The molecule has 0 aromatic heterocycles. The number of ether oxygens (including phenoxy) is 2. The Bertz CT molecular complexity index is 916. The van der Waals surface area contributed by atoms with Crippen LogP contribution in [0.4, 0.5) is 0 Å². The Hall–Kier alpha value is -2.11. The number of carbonyl (C=O) groups is 1. The van der Waals surface area contributed by atoms with Gasteiger partial charge in [0.25, 0.3) is 8.32 Å². The highest BCUT2D eigenvalue weighted by Gasteiger charge is 2.52. The van der Waals surface area contributed by atoms with Gasteiger partial charge in [-0.05, 0) is 52.2 Å². The molecule has 0 saturated carbocycles. The van der Waals surface area contributed by atoms with Gasteiger partial charge in [0, 0.05) is 5.92 Å². The van der Waals surface area contributed by atoms with Crippen LogP contribution in [0.15, 0.2) is 54.6 Å². The molecule has 2 fully saturated rings. The highest BCUT2D eigenvalue weighted by Crippen LogP contribution is 2.49. The van der Waals surface area contributed by atoms with Gasteiger partial charge in [-0.1, -0.05) is 84.0 Å². The maximum atomic E-state index is 13.0. The molecule has 4 rings (SSSR count). The lowest BCUT2D eigenvalue weighted by molar-refractivity contribution is -0.176. The minimum Gasteiger partial charge on any atom is -0.543 e. The maximum absolute atomic E-state index is 13.0. The van der Waals surface area contributed by atoms with Crippen molar-refractivity contribution in [3.63, 3.8) is 0 Å². The Labute approximate surface area is 199 Å². The van der Waals surface area contributed by atoms with Crippen molar-refractivity contribution >= 4 is 14.3 Å². The van der Waals surface area contributed by atoms with Crippen molar-refractivity contribution in [1.29, 1.82) is 0 Å². The summed E-state index contributed by atoms with van der Waals surface area (Å²) in [6.07, 6.45) is 0.422. The fourth-order valence-electron chi connectivity index (χ4n) is 6.40. The zero-order valence-corrected chi connectivity index (χ0v) is 21.8. The molecule has 5 heteroatoms. The van der Waals surface area contributed by atoms with E-state index in [-0.39, 0.29) is 23.7 Å². The second-order valence-electron chi connectivity index (χ2n) is 10.5. The monoisotopic (exact) mass is 466 g/mol. The molecule has 0 spiro atoms. The van der Waals surface area contributed by atoms with Crippen molar-refractivity contribution in [2.45, 2.75) is 82.7 Å². The van der Waals surface area contributed by atoms with E-state index in [2.05, 4.69) is 77.9 Å². The zero-order valence-electron chi connectivity index (χ0n) is 20.8. The summed E-state index contributed by atoms with van der Waals surface area (Å²) < 4.78 is 18.4. The van der Waals surface area contributed by atoms with E-state index in [1.807, 2.05) is 18.2 Å². The van der Waals surface area contributed by atoms with Gasteiger partial charge in [0.05, 0.1) is 12.5 Å². The van der Waals surface area contributed by atoms with Gasteiger partial charge in [-0.15, -0.1) is 0 Å². The Kier molecular flexibility index (Phi) is 7.01. The SMILES string of the molecule is CC(C)[Si](Oc1ccc([C@H]2C(=O)O[C@@H]3OCC[C@@H](c4ccccc4)[C@@H]32)cc1)(C(C)C)C(C)C. The van der Waals surface area contributed by atoms with Crippen molar-refractivity contribution in [2.24, 2.45) is 5.92 Å². The van der Waals surface area contributed by atoms with Gasteiger partial charge >= 0.3 is 5.97 Å². The van der Waals surface area contributed by atoms with E-state index in [4.69, 9.17) is 13.9 Å². The second kappa shape index (κ2) is 9.63. The van der Waals surface area contributed by atoms with E-state index in [0.29, 0.717) is 23.2 Å². The maximum Gasteiger partial charge on any atom is 0.316 e. The molecule has 2 aliphatic rings. The largest absolute Gasteiger partial charge is 0.543 e. The van der Waals surface area contributed by atoms with Gasteiger partial charge in [0.1, 0.15) is 5.75 Å². The van der Waals surface area contributed by atoms with Crippen molar-refractivity contribution in [2.75, 3.05) is 6.61 Å². The average Bonchev–Trinajstić information content (AvgIpc) is 3.13. The predicted molar refractivity (Wildman–Crippen MR) is 134 cm³/mol. The smallest absolute Gasteiger partial charge is 0.316 e. The molecular weight excluding hydrogens is 428 g/mol. The highest BCUT2D eigenvalue weighted by molar-refractivity contribution is 6.78. The van der Waals surface area contributed by atoms with Gasteiger partial charge in [0.2, 0.25) is 6.29 Å². The Morgan fingerprint density at radius 2 is 1.45 bits per heavy atom. The van der Waals surface area contributed by atoms with Crippen LogP contribution in [0, 0.1) is 5.92 Å². The first-order valence-corrected chi connectivity index (χ1v) is 14.6. The number of hydrogen-bond acceptors (Lipinski definition) is 4. The molecule has 2 saturated heterocycles. The quantitative estimate of drug-likeness (QED) is 0.325. The summed E-state index contributed by atoms with van der Waals surface area (Å²) in [6.45, 7) is 14.4. The number of benzene rings is 2. The predicted octanol–water partition coefficient (Wildman–Crippen LogP) is 7.03. The van der Waals surface area contributed by atoms with Crippen molar-refractivity contribution in [3.05, 3.63) is 65.7 Å². The molecule has 4 atom stereocenters. The highest BCUT2D eigenvalue weighted by atomic mass is 28.4. The van der Waals surface area contributed by atoms with E-state index < -0.39 is 14.6 Å². The molecule has 178 valence electrons. The van der Waals surface area contributed by atoms with Crippen LogP contribution in [0.3, 0.4) is 0 Å². The third kappa shape index (κ3) is 4.38. The molecule has 0 radical (unpaired) electrons. The molecule has 2 aromatic carbocycles. The zero-order chi connectivity index (χ0) is 23.8. The van der Waals surface area contributed by atoms with E-state index in [9.17, 15) is 4.79 Å². The topological polar surface area (TPSA) is 44.8 Å². The normalized spacial score (nSPS) is 25.4.